The first-order valence-corrected chi connectivity index (χ1v) is 9.58. The Bertz CT molecular complexity index is 898. The Morgan fingerprint density at radius 2 is 2.21 bits per heavy atom. The number of rotatable bonds is 3. The van der Waals surface area contributed by atoms with Crippen molar-refractivity contribution in [2.45, 2.75) is 58.0 Å². The van der Waals surface area contributed by atoms with Crippen molar-refractivity contribution >= 4 is 27.4 Å². The summed E-state index contributed by atoms with van der Waals surface area (Å²) in [6.07, 6.45) is 8.29. The fourth-order valence-electron chi connectivity index (χ4n) is 3.99. The molecule has 7 heteroatoms. The lowest BCUT2D eigenvalue weighted by Crippen LogP contribution is -2.32. The van der Waals surface area contributed by atoms with Crippen molar-refractivity contribution in [3.63, 3.8) is 0 Å². The maximum atomic E-state index is 4.58. The lowest BCUT2D eigenvalue weighted by atomic mass is 10.1. The predicted octanol–water partition coefficient (Wildman–Crippen LogP) is 2.76. The van der Waals surface area contributed by atoms with E-state index in [4.69, 9.17) is 0 Å². The molecular formula is C17H20N6S. The summed E-state index contributed by atoms with van der Waals surface area (Å²) >= 11 is 1.84. The number of thiophene rings is 1. The molecule has 0 aromatic carbocycles. The lowest BCUT2D eigenvalue weighted by Gasteiger charge is -2.26. The third-order valence-corrected chi connectivity index (χ3v) is 6.38. The summed E-state index contributed by atoms with van der Waals surface area (Å²) < 4.78 is 2.28. The van der Waals surface area contributed by atoms with Crippen LogP contribution >= 0.6 is 11.3 Å². The summed E-state index contributed by atoms with van der Waals surface area (Å²) in [4.78, 5) is 11.7. The van der Waals surface area contributed by atoms with E-state index in [2.05, 4.69) is 37.0 Å². The van der Waals surface area contributed by atoms with Crippen LogP contribution in [0.25, 0.3) is 10.2 Å². The standard InChI is InChI=1S/C17H20N6S/c1-2-13-21-22-14-7-6-10(8-23(13)14)20-16-15-11-4-3-5-12(11)24-17(15)19-9-18-16/h9-10H,2-8H2,1H3,(H,18,19,20). The molecule has 0 saturated carbocycles. The van der Waals surface area contributed by atoms with Crippen molar-refractivity contribution in [1.82, 2.24) is 24.7 Å². The summed E-state index contributed by atoms with van der Waals surface area (Å²) in [5, 5.41) is 13.6. The summed E-state index contributed by atoms with van der Waals surface area (Å²) in [6.45, 7) is 3.06. The number of aryl methyl sites for hydroxylation is 4. The van der Waals surface area contributed by atoms with Crippen molar-refractivity contribution in [3.8, 4) is 0 Å². The van der Waals surface area contributed by atoms with Crippen molar-refractivity contribution in [2.75, 3.05) is 5.32 Å². The molecule has 2 aliphatic rings. The molecule has 1 aliphatic heterocycles. The van der Waals surface area contributed by atoms with E-state index in [-0.39, 0.29) is 0 Å². The van der Waals surface area contributed by atoms with Crippen LogP contribution in [0.5, 0.6) is 0 Å². The van der Waals surface area contributed by atoms with Crippen LogP contribution in [0.3, 0.4) is 0 Å². The minimum absolute atomic E-state index is 0.369. The molecule has 124 valence electrons. The van der Waals surface area contributed by atoms with E-state index in [0.29, 0.717) is 6.04 Å². The second kappa shape index (κ2) is 5.51. The SMILES string of the molecule is CCc1nnc2n1CC(Nc1ncnc3sc4c(c13)CCC4)CC2. The third-order valence-electron chi connectivity index (χ3n) is 5.18. The summed E-state index contributed by atoms with van der Waals surface area (Å²) in [7, 11) is 0. The summed E-state index contributed by atoms with van der Waals surface area (Å²) in [5.41, 5.74) is 1.48. The molecule has 0 radical (unpaired) electrons. The van der Waals surface area contributed by atoms with Crippen LogP contribution in [0.2, 0.25) is 0 Å². The van der Waals surface area contributed by atoms with Gasteiger partial charge in [-0.2, -0.15) is 0 Å². The third kappa shape index (κ3) is 2.14. The van der Waals surface area contributed by atoms with E-state index in [1.165, 1.54) is 28.7 Å². The number of nitrogens with one attached hydrogen (secondary N) is 1. The average Bonchev–Trinajstić information content (AvgIpc) is 3.28. The van der Waals surface area contributed by atoms with Gasteiger partial charge in [0.15, 0.2) is 0 Å². The Hall–Kier alpha value is -2.02. The zero-order valence-electron chi connectivity index (χ0n) is 13.7. The Labute approximate surface area is 144 Å². The Morgan fingerprint density at radius 1 is 1.25 bits per heavy atom. The highest BCUT2D eigenvalue weighted by atomic mass is 32.1. The van der Waals surface area contributed by atoms with Gasteiger partial charge in [0.05, 0.1) is 5.39 Å². The molecular weight excluding hydrogens is 320 g/mol. The van der Waals surface area contributed by atoms with Gasteiger partial charge in [0.2, 0.25) is 0 Å². The molecule has 0 spiro atoms. The van der Waals surface area contributed by atoms with E-state index in [9.17, 15) is 0 Å². The minimum atomic E-state index is 0.369. The molecule has 0 amide bonds. The highest BCUT2D eigenvalue weighted by molar-refractivity contribution is 7.19. The van der Waals surface area contributed by atoms with Crippen LogP contribution in [0.4, 0.5) is 5.82 Å². The second-order valence-electron chi connectivity index (χ2n) is 6.64. The molecule has 1 aliphatic carbocycles. The zero-order chi connectivity index (χ0) is 16.1. The topological polar surface area (TPSA) is 68.5 Å². The van der Waals surface area contributed by atoms with Gasteiger partial charge in [-0.1, -0.05) is 6.92 Å². The smallest absolute Gasteiger partial charge is 0.138 e. The number of aromatic nitrogens is 5. The largest absolute Gasteiger partial charge is 0.365 e. The molecule has 3 aromatic rings. The number of fused-ring (bicyclic) bond motifs is 4. The molecule has 1 N–H and O–H groups in total. The molecule has 4 heterocycles. The van der Waals surface area contributed by atoms with E-state index < -0.39 is 0 Å². The first-order chi connectivity index (χ1) is 11.8. The number of hydrogen-bond donors (Lipinski definition) is 1. The second-order valence-corrected chi connectivity index (χ2v) is 7.72. The number of hydrogen-bond acceptors (Lipinski definition) is 6. The minimum Gasteiger partial charge on any atom is -0.365 e. The van der Waals surface area contributed by atoms with Gasteiger partial charge in [-0.05, 0) is 31.2 Å². The monoisotopic (exact) mass is 340 g/mol. The van der Waals surface area contributed by atoms with Crippen LogP contribution in [0.1, 0.15) is 41.9 Å². The van der Waals surface area contributed by atoms with Crippen molar-refractivity contribution in [2.24, 2.45) is 0 Å². The van der Waals surface area contributed by atoms with E-state index in [0.717, 1.165) is 54.5 Å². The quantitative estimate of drug-likeness (QED) is 0.794. The van der Waals surface area contributed by atoms with Gasteiger partial charge in [-0.25, -0.2) is 9.97 Å². The van der Waals surface area contributed by atoms with Gasteiger partial charge >= 0.3 is 0 Å². The fraction of sp³-hybridized carbons (Fsp3) is 0.529. The van der Waals surface area contributed by atoms with E-state index in [1.807, 2.05) is 11.3 Å². The maximum Gasteiger partial charge on any atom is 0.138 e. The van der Waals surface area contributed by atoms with Crippen LogP contribution in [-0.2, 0) is 32.2 Å². The van der Waals surface area contributed by atoms with Crippen LogP contribution in [0.15, 0.2) is 6.33 Å². The molecule has 3 aromatic heterocycles. The first-order valence-electron chi connectivity index (χ1n) is 8.76. The molecule has 1 atom stereocenters. The molecule has 1 unspecified atom stereocenters. The molecule has 5 rings (SSSR count). The zero-order valence-corrected chi connectivity index (χ0v) is 14.6. The Morgan fingerprint density at radius 3 is 3.12 bits per heavy atom. The fourth-order valence-corrected chi connectivity index (χ4v) is 5.22. The van der Waals surface area contributed by atoms with E-state index >= 15 is 0 Å². The van der Waals surface area contributed by atoms with Gasteiger partial charge < -0.3 is 9.88 Å². The average molecular weight is 340 g/mol. The van der Waals surface area contributed by atoms with Gasteiger partial charge in [-0.3, -0.25) is 0 Å². The molecule has 24 heavy (non-hydrogen) atoms. The highest BCUT2D eigenvalue weighted by Crippen LogP contribution is 2.39. The first kappa shape index (κ1) is 14.3. The van der Waals surface area contributed by atoms with Crippen LogP contribution < -0.4 is 5.32 Å². The van der Waals surface area contributed by atoms with Gasteiger partial charge in [0.25, 0.3) is 0 Å². The Kier molecular flexibility index (Phi) is 3.29. The van der Waals surface area contributed by atoms with Gasteiger partial charge in [0, 0.05) is 30.3 Å². The molecule has 0 fully saturated rings. The van der Waals surface area contributed by atoms with Crippen molar-refractivity contribution in [1.29, 1.82) is 0 Å². The normalized spacial score (nSPS) is 19.5. The maximum absolute atomic E-state index is 4.58. The molecule has 6 nitrogen and oxygen atoms in total. The van der Waals surface area contributed by atoms with E-state index in [1.54, 1.807) is 6.33 Å². The summed E-state index contributed by atoms with van der Waals surface area (Å²) in [6, 6.07) is 0.369. The molecule has 0 saturated heterocycles. The Balaban J connectivity index is 1.47. The van der Waals surface area contributed by atoms with Crippen LogP contribution in [-0.4, -0.2) is 30.8 Å². The van der Waals surface area contributed by atoms with Gasteiger partial charge in [0.1, 0.15) is 28.6 Å². The lowest BCUT2D eigenvalue weighted by molar-refractivity contribution is 0.465. The number of anilines is 1. The predicted molar refractivity (Wildman–Crippen MR) is 94.6 cm³/mol. The molecule has 0 bridgehead atoms. The van der Waals surface area contributed by atoms with Crippen LogP contribution in [0, 0.1) is 0 Å². The van der Waals surface area contributed by atoms with Crippen molar-refractivity contribution < 1.29 is 0 Å². The van der Waals surface area contributed by atoms with Gasteiger partial charge in [-0.15, -0.1) is 21.5 Å². The highest BCUT2D eigenvalue weighted by Gasteiger charge is 2.25. The summed E-state index contributed by atoms with van der Waals surface area (Å²) in [5.74, 6) is 3.22. The van der Waals surface area contributed by atoms with Crippen molar-refractivity contribution in [3.05, 3.63) is 28.4 Å². The number of nitrogens with zero attached hydrogens (tertiary/aromatic N) is 5.